The van der Waals surface area contributed by atoms with Crippen LogP contribution in [0.1, 0.15) is 18.9 Å². The van der Waals surface area contributed by atoms with Gasteiger partial charge in [0.2, 0.25) is 0 Å². The van der Waals surface area contributed by atoms with E-state index in [2.05, 4.69) is 23.3 Å². The summed E-state index contributed by atoms with van der Waals surface area (Å²) in [6.45, 7) is 2.99. The Morgan fingerprint density at radius 2 is 2.21 bits per heavy atom. The molecule has 0 spiro atoms. The van der Waals surface area contributed by atoms with Crippen LogP contribution < -0.4 is 5.32 Å². The first-order valence-electron chi connectivity index (χ1n) is 6.39. The Morgan fingerprint density at radius 3 is 2.95 bits per heavy atom. The number of aliphatic hydroxyl groups is 1. The van der Waals surface area contributed by atoms with Crippen LogP contribution in [0.15, 0.2) is 30.3 Å². The highest BCUT2D eigenvalue weighted by Crippen LogP contribution is 2.20. The topological polar surface area (TPSA) is 68.9 Å². The Balaban J connectivity index is 2.23. The number of hydrogen-bond acceptors (Lipinski definition) is 4. The molecule has 0 aliphatic heterocycles. The molecule has 19 heavy (non-hydrogen) atoms. The number of aliphatic hydroxyl groups excluding tert-OH is 1. The molecule has 98 valence electrons. The zero-order valence-electron chi connectivity index (χ0n) is 10.9. The van der Waals surface area contributed by atoms with E-state index >= 15 is 0 Å². The van der Waals surface area contributed by atoms with Crippen LogP contribution in [-0.4, -0.2) is 23.2 Å². The van der Waals surface area contributed by atoms with E-state index < -0.39 is 0 Å². The van der Waals surface area contributed by atoms with Gasteiger partial charge in [-0.15, -0.1) is 0 Å². The number of nitrogens with zero attached hydrogens (tertiary/aromatic N) is 2. The monoisotopic (exact) mass is 255 g/mol. The molecule has 2 aromatic rings. The second-order valence-electron chi connectivity index (χ2n) is 4.68. The van der Waals surface area contributed by atoms with Crippen LogP contribution in [0.2, 0.25) is 0 Å². The van der Waals surface area contributed by atoms with E-state index in [-0.39, 0.29) is 6.61 Å². The normalized spacial score (nSPS) is 12.1. The van der Waals surface area contributed by atoms with Gasteiger partial charge >= 0.3 is 0 Å². The lowest BCUT2D eigenvalue weighted by Crippen LogP contribution is -2.13. The molecule has 2 N–H and O–H groups in total. The van der Waals surface area contributed by atoms with Crippen LogP contribution in [0.5, 0.6) is 0 Å². The molecule has 0 radical (unpaired) electrons. The van der Waals surface area contributed by atoms with Crippen LogP contribution >= 0.6 is 0 Å². The number of rotatable bonds is 5. The molecule has 1 aromatic carbocycles. The maximum atomic E-state index is 9.18. The average molecular weight is 255 g/mol. The SMILES string of the molecule is CC(CCO)CNc1cc(C#N)c2ccccc2n1. The van der Waals surface area contributed by atoms with Gasteiger partial charge in [-0.05, 0) is 24.5 Å². The van der Waals surface area contributed by atoms with E-state index in [9.17, 15) is 5.26 Å². The first kappa shape index (κ1) is 13.3. The van der Waals surface area contributed by atoms with Crippen molar-refractivity contribution in [3.05, 3.63) is 35.9 Å². The molecule has 0 saturated carbocycles. The predicted octanol–water partition coefficient (Wildman–Crippen LogP) is 2.54. The summed E-state index contributed by atoms with van der Waals surface area (Å²) in [5, 5.41) is 22.2. The third kappa shape index (κ3) is 3.21. The van der Waals surface area contributed by atoms with Crippen LogP contribution in [0, 0.1) is 17.2 Å². The molecule has 1 aromatic heterocycles. The minimum absolute atomic E-state index is 0.192. The quantitative estimate of drug-likeness (QED) is 0.861. The molecule has 2 rings (SSSR count). The van der Waals surface area contributed by atoms with Crippen molar-refractivity contribution in [2.45, 2.75) is 13.3 Å². The molecule has 4 nitrogen and oxygen atoms in total. The van der Waals surface area contributed by atoms with E-state index in [1.165, 1.54) is 0 Å². The molecule has 4 heteroatoms. The highest BCUT2D eigenvalue weighted by Gasteiger charge is 2.06. The zero-order valence-corrected chi connectivity index (χ0v) is 10.9. The largest absolute Gasteiger partial charge is 0.396 e. The average Bonchev–Trinajstić information content (AvgIpc) is 2.44. The van der Waals surface area contributed by atoms with E-state index in [0.717, 1.165) is 23.9 Å². The molecule has 0 aliphatic carbocycles. The summed E-state index contributed by atoms with van der Waals surface area (Å²) in [6.07, 6.45) is 0.756. The van der Waals surface area contributed by atoms with Crippen LogP contribution in [0.25, 0.3) is 10.9 Å². The molecule has 0 fully saturated rings. The summed E-state index contributed by atoms with van der Waals surface area (Å²) in [6, 6.07) is 11.6. The van der Waals surface area contributed by atoms with Crippen molar-refractivity contribution in [1.82, 2.24) is 4.98 Å². The lowest BCUT2D eigenvalue weighted by Gasteiger charge is -2.12. The third-order valence-electron chi connectivity index (χ3n) is 3.09. The summed E-state index contributed by atoms with van der Waals surface area (Å²) in [4.78, 5) is 4.49. The Labute approximate surface area is 112 Å². The van der Waals surface area contributed by atoms with Gasteiger partial charge in [-0.25, -0.2) is 4.98 Å². The second-order valence-corrected chi connectivity index (χ2v) is 4.68. The van der Waals surface area contributed by atoms with Crippen molar-refractivity contribution in [3.8, 4) is 6.07 Å². The van der Waals surface area contributed by atoms with Crippen molar-refractivity contribution < 1.29 is 5.11 Å². The minimum atomic E-state index is 0.192. The Kier molecular flexibility index (Phi) is 4.32. The van der Waals surface area contributed by atoms with Crippen LogP contribution in [-0.2, 0) is 0 Å². The van der Waals surface area contributed by atoms with Crippen LogP contribution in [0.3, 0.4) is 0 Å². The van der Waals surface area contributed by atoms with Crippen molar-refractivity contribution in [2.24, 2.45) is 5.92 Å². The number of para-hydroxylation sites is 1. The smallest absolute Gasteiger partial charge is 0.127 e. The van der Waals surface area contributed by atoms with Gasteiger partial charge in [0, 0.05) is 18.5 Å². The van der Waals surface area contributed by atoms with Crippen molar-refractivity contribution in [3.63, 3.8) is 0 Å². The summed E-state index contributed by atoms with van der Waals surface area (Å²) >= 11 is 0. The molecule has 0 aliphatic rings. The van der Waals surface area contributed by atoms with Gasteiger partial charge in [0.05, 0.1) is 17.1 Å². The molecule has 1 unspecified atom stereocenters. The van der Waals surface area contributed by atoms with Gasteiger partial charge in [0.25, 0.3) is 0 Å². The molecule has 0 amide bonds. The molecular weight excluding hydrogens is 238 g/mol. The molecule has 1 atom stereocenters. The maximum absolute atomic E-state index is 9.18. The molecule has 1 heterocycles. The highest BCUT2D eigenvalue weighted by molar-refractivity contribution is 5.86. The molecule has 0 bridgehead atoms. The summed E-state index contributed by atoms with van der Waals surface area (Å²) in [7, 11) is 0. The first-order valence-corrected chi connectivity index (χ1v) is 6.39. The first-order chi connectivity index (χ1) is 9.24. The Hall–Kier alpha value is -2.12. The lowest BCUT2D eigenvalue weighted by atomic mass is 10.1. The number of hydrogen-bond donors (Lipinski definition) is 2. The van der Waals surface area contributed by atoms with Gasteiger partial charge in [0.15, 0.2) is 0 Å². The minimum Gasteiger partial charge on any atom is -0.396 e. The molecular formula is C15H17N3O. The summed E-state index contributed by atoms with van der Waals surface area (Å²) < 4.78 is 0. The van der Waals surface area contributed by atoms with Crippen molar-refractivity contribution in [2.75, 3.05) is 18.5 Å². The van der Waals surface area contributed by atoms with Gasteiger partial charge < -0.3 is 10.4 Å². The summed E-state index contributed by atoms with van der Waals surface area (Å²) in [5.74, 6) is 1.07. The number of aromatic nitrogens is 1. The van der Waals surface area contributed by atoms with Gasteiger partial charge in [-0.1, -0.05) is 25.1 Å². The van der Waals surface area contributed by atoms with Crippen molar-refractivity contribution in [1.29, 1.82) is 5.26 Å². The van der Waals surface area contributed by atoms with Crippen molar-refractivity contribution >= 4 is 16.7 Å². The Bertz CT molecular complexity index is 604. The van der Waals surface area contributed by atoms with Gasteiger partial charge in [-0.3, -0.25) is 0 Å². The number of nitriles is 1. The van der Waals surface area contributed by atoms with E-state index in [4.69, 9.17) is 5.11 Å². The number of pyridine rings is 1. The second kappa shape index (κ2) is 6.17. The van der Waals surface area contributed by atoms with E-state index in [1.54, 1.807) is 6.07 Å². The van der Waals surface area contributed by atoms with E-state index in [1.807, 2.05) is 24.3 Å². The van der Waals surface area contributed by atoms with Gasteiger partial charge in [0.1, 0.15) is 5.82 Å². The number of nitrogens with one attached hydrogen (secondary N) is 1. The zero-order chi connectivity index (χ0) is 13.7. The number of anilines is 1. The fourth-order valence-corrected chi connectivity index (χ4v) is 1.96. The van der Waals surface area contributed by atoms with E-state index in [0.29, 0.717) is 17.3 Å². The fourth-order valence-electron chi connectivity index (χ4n) is 1.96. The standard InChI is InChI=1S/C15H17N3O/c1-11(6-7-19)10-17-15-8-12(9-16)13-4-2-3-5-14(13)18-15/h2-5,8,11,19H,6-7,10H2,1H3,(H,17,18). The van der Waals surface area contributed by atoms with Gasteiger partial charge in [-0.2, -0.15) is 5.26 Å². The molecule has 0 saturated heterocycles. The number of fused-ring (bicyclic) bond motifs is 1. The fraction of sp³-hybridized carbons (Fsp3) is 0.333. The highest BCUT2D eigenvalue weighted by atomic mass is 16.3. The Morgan fingerprint density at radius 1 is 1.42 bits per heavy atom. The maximum Gasteiger partial charge on any atom is 0.127 e. The third-order valence-corrected chi connectivity index (χ3v) is 3.09. The number of benzene rings is 1. The lowest BCUT2D eigenvalue weighted by molar-refractivity contribution is 0.266. The summed E-state index contributed by atoms with van der Waals surface area (Å²) in [5.41, 5.74) is 1.45. The van der Waals surface area contributed by atoms with Crippen LogP contribution in [0.4, 0.5) is 5.82 Å². The predicted molar refractivity (Wildman–Crippen MR) is 75.8 cm³/mol.